The lowest BCUT2D eigenvalue weighted by Gasteiger charge is -2.00. The van der Waals surface area contributed by atoms with E-state index in [0.717, 1.165) is 5.56 Å². The van der Waals surface area contributed by atoms with Crippen molar-refractivity contribution in [1.29, 1.82) is 0 Å². The third kappa shape index (κ3) is 2.29. The fourth-order valence-corrected chi connectivity index (χ4v) is 1.56. The molecule has 1 amide bonds. The zero-order valence-electron chi connectivity index (χ0n) is 7.29. The predicted octanol–water partition coefficient (Wildman–Crippen LogP) is 1.17. The topological polar surface area (TPSA) is 55.4 Å². The van der Waals surface area contributed by atoms with Gasteiger partial charge in [0.25, 0.3) is 0 Å². The molecular formula is C8H9NO3S. The number of hydrogen-bond acceptors (Lipinski definition) is 4. The molecule has 1 aromatic heterocycles. The minimum absolute atomic E-state index is 0.676. The molecule has 0 unspecified atom stereocenters. The second kappa shape index (κ2) is 4.04. The van der Waals surface area contributed by atoms with Gasteiger partial charge in [-0.25, -0.2) is 4.79 Å². The standard InChI is InChI=1S/C8H9NO3S/c1-5-3-4-13-7(5)9-6(10)8(11)12-2/h3-4H,1-2H3,(H,9,10). The van der Waals surface area contributed by atoms with E-state index in [1.165, 1.54) is 18.4 Å². The normalized spacial score (nSPS) is 9.38. The number of methoxy groups -OCH3 is 1. The highest BCUT2D eigenvalue weighted by molar-refractivity contribution is 7.14. The summed E-state index contributed by atoms with van der Waals surface area (Å²) in [6, 6.07) is 1.86. The summed E-state index contributed by atoms with van der Waals surface area (Å²) in [6.07, 6.45) is 0. The number of carbonyl (C=O) groups is 2. The molecule has 0 radical (unpaired) electrons. The largest absolute Gasteiger partial charge is 0.462 e. The van der Waals surface area contributed by atoms with Crippen LogP contribution >= 0.6 is 11.3 Å². The molecule has 1 heterocycles. The highest BCUT2D eigenvalue weighted by Gasteiger charge is 2.14. The van der Waals surface area contributed by atoms with Crippen molar-refractivity contribution < 1.29 is 14.3 Å². The Kier molecular flexibility index (Phi) is 3.02. The maximum atomic E-state index is 11.0. The van der Waals surface area contributed by atoms with E-state index in [4.69, 9.17) is 0 Å². The number of carbonyl (C=O) groups excluding carboxylic acids is 2. The molecule has 1 rings (SSSR count). The minimum atomic E-state index is -0.882. The van der Waals surface area contributed by atoms with E-state index in [2.05, 4.69) is 10.1 Å². The van der Waals surface area contributed by atoms with Gasteiger partial charge in [0.2, 0.25) is 0 Å². The molecule has 0 atom stereocenters. The zero-order chi connectivity index (χ0) is 9.84. The lowest BCUT2D eigenvalue weighted by Crippen LogP contribution is -2.23. The summed E-state index contributed by atoms with van der Waals surface area (Å²) in [5, 5.41) is 4.96. The number of anilines is 1. The molecule has 0 saturated carbocycles. The van der Waals surface area contributed by atoms with Crippen LogP contribution in [-0.2, 0) is 14.3 Å². The third-order valence-corrected chi connectivity index (χ3v) is 2.39. The number of ether oxygens (including phenoxy) is 1. The SMILES string of the molecule is COC(=O)C(=O)Nc1sccc1C. The van der Waals surface area contributed by atoms with Crippen molar-refractivity contribution in [2.75, 3.05) is 12.4 Å². The smallest absolute Gasteiger partial charge is 0.396 e. The van der Waals surface area contributed by atoms with Gasteiger partial charge in [-0.3, -0.25) is 4.79 Å². The van der Waals surface area contributed by atoms with Crippen molar-refractivity contribution >= 4 is 28.2 Å². The Morgan fingerprint density at radius 2 is 2.23 bits per heavy atom. The van der Waals surface area contributed by atoms with Crippen molar-refractivity contribution in [3.63, 3.8) is 0 Å². The molecule has 0 aliphatic heterocycles. The molecule has 4 nitrogen and oxygen atoms in total. The predicted molar refractivity (Wildman–Crippen MR) is 49.7 cm³/mol. The second-order valence-electron chi connectivity index (χ2n) is 2.38. The molecule has 0 aliphatic carbocycles. The summed E-state index contributed by atoms with van der Waals surface area (Å²) in [5.74, 6) is -1.62. The fourth-order valence-electron chi connectivity index (χ4n) is 0.748. The average molecular weight is 199 g/mol. The first-order valence-corrected chi connectivity index (χ1v) is 4.46. The number of esters is 1. The lowest BCUT2D eigenvalue weighted by molar-refractivity contribution is -0.150. The van der Waals surface area contributed by atoms with Crippen molar-refractivity contribution in [2.24, 2.45) is 0 Å². The monoisotopic (exact) mass is 199 g/mol. The fraction of sp³-hybridized carbons (Fsp3) is 0.250. The summed E-state index contributed by atoms with van der Waals surface area (Å²) in [5.41, 5.74) is 0.933. The summed E-state index contributed by atoms with van der Waals surface area (Å²) in [7, 11) is 1.17. The maximum Gasteiger partial charge on any atom is 0.396 e. The number of rotatable bonds is 1. The lowest BCUT2D eigenvalue weighted by atomic mass is 10.3. The molecule has 0 spiro atoms. The minimum Gasteiger partial charge on any atom is -0.462 e. The first-order valence-electron chi connectivity index (χ1n) is 3.58. The van der Waals surface area contributed by atoms with Crippen LogP contribution in [0.5, 0.6) is 0 Å². The van der Waals surface area contributed by atoms with Crippen molar-refractivity contribution in [3.8, 4) is 0 Å². The number of aryl methyl sites for hydroxylation is 1. The van der Waals surface area contributed by atoms with Crippen LogP contribution in [0.25, 0.3) is 0 Å². The summed E-state index contributed by atoms with van der Waals surface area (Å²) < 4.78 is 4.25. The van der Waals surface area contributed by atoms with E-state index in [1.807, 2.05) is 18.4 Å². The number of amides is 1. The van der Waals surface area contributed by atoms with Crippen molar-refractivity contribution in [1.82, 2.24) is 0 Å². The van der Waals surface area contributed by atoms with Gasteiger partial charge >= 0.3 is 11.9 Å². The third-order valence-electron chi connectivity index (χ3n) is 1.46. The molecule has 13 heavy (non-hydrogen) atoms. The van der Waals surface area contributed by atoms with Gasteiger partial charge in [-0.15, -0.1) is 11.3 Å². The Balaban J connectivity index is 2.65. The van der Waals surface area contributed by atoms with Gasteiger partial charge in [0.05, 0.1) is 12.1 Å². The Labute approximate surface area is 79.5 Å². The Morgan fingerprint density at radius 1 is 1.54 bits per heavy atom. The molecule has 0 aliphatic rings. The van der Waals surface area contributed by atoms with Crippen molar-refractivity contribution in [3.05, 3.63) is 17.0 Å². The first-order chi connectivity index (χ1) is 6.15. The van der Waals surface area contributed by atoms with Crippen LogP contribution in [0, 0.1) is 6.92 Å². The molecule has 70 valence electrons. The molecule has 0 fully saturated rings. The molecular weight excluding hydrogens is 190 g/mol. The molecule has 0 saturated heterocycles. The summed E-state index contributed by atoms with van der Waals surface area (Å²) >= 11 is 1.37. The highest BCUT2D eigenvalue weighted by atomic mass is 32.1. The summed E-state index contributed by atoms with van der Waals surface area (Å²) in [4.78, 5) is 21.7. The van der Waals surface area contributed by atoms with Gasteiger partial charge in [-0.05, 0) is 23.9 Å². The van der Waals surface area contributed by atoms with Crippen LogP contribution in [0.1, 0.15) is 5.56 Å². The van der Waals surface area contributed by atoms with Gasteiger partial charge in [-0.2, -0.15) is 0 Å². The van der Waals surface area contributed by atoms with Crippen molar-refractivity contribution in [2.45, 2.75) is 6.92 Å². The molecule has 1 N–H and O–H groups in total. The Morgan fingerprint density at radius 3 is 2.69 bits per heavy atom. The Bertz CT molecular complexity index is 332. The van der Waals surface area contributed by atoms with Gasteiger partial charge in [-0.1, -0.05) is 0 Å². The highest BCUT2D eigenvalue weighted by Crippen LogP contribution is 2.21. The summed E-state index contributed by atoms with van der Waals surface area (Å²) in [6.45, 7) is 1.85. The van der Waals surface area contributed by atoms with Crippen LogP contribution in [0.15, 0.2) is 11.4 Å². The van der Waals surface area contributed by atoms with E-state index in [9.17, 15) is 9.59 Å². The van der Waals surface area contributed by atoms with Gasteiger partial charge in [0, 0.05) is 0 Å². The van der Waals surface area contributed by atoms with E-state index in [-0.39, 0.29) is 0 Å². The number of nitrogens with one attached hydrogen (secondary N) is 1. The second-order valence-corrected chi connectivity index (χ2v) is 3.29. The average Bonchev–Trinajstić information content (AvgIpc) is 2.50. The molecule has 5 heteroatoms. The van der Waals surface area contributed by atoms with E-state index < -0.39 is 11.9 Å². The number of hydrogen-bond donors (Lipinski definition) is 1. The first kappa shape index (κ1) is 9.73. The molecule has 0 bridgehead atoms. The van der Waals surface area contributed by atoms with Crippen LogP contribution in [0.3, 0.4) is 0 Å². The van der Waals surface area contributed by atoms with Crippen LogP contribution < -0.4 is 5.32 Å². The zero-order valence-corrected chi connectivity index (χ0v) is 8.10. The van der Waals surface area contributed by atoms with Crippen LogP contribution in [0.2, 0.25) is 0 Å². The quantitative estimate of drug-likeness (QED) is 0.545. The van der Waals surface area contributed by atoms with Gasteiger partial charge < -0.3 is 10.1 Å². The van der Waals surface area contributed by atoms with Crippen LogP contribution in [-0.4, -0.2) is 19.0 Å². The van der Waals surface area contributed by atoms with E-state index >= 15 is 0 Å². The molecule has 0 aromatic carbocycles. The van der Waals surface area contributed by atoms with Gasteiger partial charge in [0.15, 0.2) is 0 Å². The van der Waals surface area contributed by atoms with E-state index in [0.29, 0.717) is 5.00 Å². The maximum absolute atomic E-state index is 11.0. The van der Waals surface area contributed by atoms with Gasteiger partial charge in [0.1, 0.15) is 0 Å². The number of thiophene rings is 1. The molecule has 1 aromatic rings. The Hall–Kier alpha value is -1.36. The van der Waals surface area contributed by atoms with Crippen LogP contribution in [0.4, 0.5) is 5.00 Å². The van der Waals surface area contributed by atoms with E-state index in [1.54, 1.807) is 0 Å².